The van der Waals surface area contributed by atoms with Crippen molar-refractivity contribution in [2.75, 3.05) is 13.1 Å². The van der Waals surface area contributed by atoms with Gasteiger partial charge in [-0.15, -0.1) is 12.4 Å². The molecule has 1 aromatic rings. The molecular weight excluding hydrogens is 282 g/mol. The van der Waals surface area contributed by atoms with Gasteiger partial charge in [-0.3, -0.25) is 4.79 Å². The van der Waals surface area contributed by atoms with Crippen LogP contribution in [0, 0.1) is 0 Å². The van der Waals surface area contributed by atoms with E-state index in [0.717, 1.165) is 19.5 Å². The zero-order valence-corrected chi connectivity index (χ0v) is 11.3. The molecule has 2 N–H and O–H groups in total. The van der Waals surface area contributed by atoms with E-state index < -0.39 is 0 Å². The van der Waals surface area contributed by atoms with Crippen LogP contribution in [0.1, 0.15) is 16.8 Å². The zero-order chi connectivity index (χ0) is 11.5. The van der Waals surface area contributed by atoms with Crippen LogP contribution in [-0.2, 0) is 0 Å². The lowest BCUT2D eigenvalue weighted by Gasteiger charge is -2.12. The Morgan fingerprint density at radius 3 is 2.82 bits per heavy atom. The first kappa shape index (κ1) is 14.6. The van der Waals surface area contributed by atoms with E-state index in [1.54, 1.807) is 18.2 Å². The Bertz CT molecular complexity index is 406. The van der Waals surface area contributed by atoms with E-state index >= 15 is 0 Å². The number of nitrogens with one attached hydrogen (secondary N) is 2. The van der Waals surface area contributed by atoms with Gasteiger partial charge in [-0.25, -0.2) is 0 Å². The molecule has 0 saturated carbocycles. The fourth-order valence-corrected chi connectivity index (χ4v) is 2.09. The fourth-order valence-electron chi connectivity index (χ4n) is 1.71. The smallest absolute Gasteiger partial charge is 0.253 e. The molecular formula is C11H13Cl3N2O. The van der Waals surface area contributed by atoms with Crippen molar-refractivity contribution in [3.8, 4) is 0 Å². The van der Waals surface area contributed by atoms with E-state index in [9.17, 15) is 4.79 Å². The minimum absolute atomic E-state index is 0. The fraction of sp³-hybridized carbons (Fsp3) is 0.364. The molecule has 6 heteroatoms. The molecule has 94 valence electrons. The molecule has 1 fully saturated rings. The highest BCUT2D eigenvalue weighted by molar-refractivity contribution is 6.35. The molecule has 1 heterocycles. The first-order chi connectivity index (χ1) is 7.66. The van der Waals surface area contributed by atoms with Gasteiger partial charge in [0.05, 0.1) is 10.6 Å². The van der Waals surface area contributed by atoms with Gasteiger partial charge >= 0.3 is 0 Å². The molecule has 1 saturated heterocycles. The van der Waals surface area contributed by atoms with Crippen LogP contribution in [0.2, 0.25) is 10.0 Å². The topological polar surface area (TPSA) is 41.1 Å². The summed E-state index contributed by atoms with van der Waals surface area (Å²) in [6, 6.07) is 5.06. The third-order valence-corrected chi connectivity index (χ3v) is 3.13. The van der Waals surface area contributed by atoms with Crippen LogP contribution in [0.3, 0.4) is 0 Å². The third kappa shape index (κ3) is 3.75. The maximum Gasteiger partial charge on any atom is 0.253 e. The van der Waals surface area contributed by atoms with Gasteiger partial charge in [0, 0.05) is 17.6 Å². The number of benzene rings is 1. The van der Waals surface area contributed by atoms with Crippen molar-refractivity contribution >= 4 is 41.5 Å². The normalized spacial score (nSPS) is 18.6. The lowest BCUT2D eigenvalue weighted by molar-refractivity contribution is 0.0940. The summed E-state index contributed by atoms with van der Waals surface area (Å²) in [5.41, 5.74) is 0.432. The summed E-state index contributed by atoms with van der Waals surface area (Å²) in [5, 5.41) is 7.04. The maximum atomic E-state index is 11.9. The Morgan fingerprint density at radius 2 is 2.18 bits per heavy atom. The van der Waals surface area contributed by atoms with Gasteiger partial charge in [0.2, 0.25) is 0 Å². The van der Waals surface area contributed by atoms with Gasteiger partial charge in [0.1, 0.15) is 0 Å². The molecule has 1 atom stereocenters. The van der Waals surface area contributed by atoms with Crippen LogP contribution in [0.5, 0.6) is 0 Å². The quantitative estimate of drug-likeness (QED) is 0.880. The predicted molar refractivity (Wildman–Crippen MR) is 72.5 cm³/mol. The van der Waals surface area contributed by atoms with Gasteiger partial charge in [0.25, 0.3) is 5.91 Å². The number of hydrogen-bond donors (Lipinski definition) is 2. The van der Waals surface area contributed by atoms with Crippen molar-refractivity contribution in [2.45, 2.75) is 12.5 Å². The third-order valence-electron chi connectivity index (χ3n) is 2.57. The number of hydrogen-bond acceptors (Lipinski definition) is 2. The zero-order valence-electron chi connectivity index (χ0n) is 9.00. The van der Waals surface area contributed by atoms with Crippen LogP contribution in [0.15, 0.2) is 18.2 Å². The van der Waals surface area contributed by atoms with E-state index in [1.807, 2.05) is 0 Å². The van der Waals surface area contributed by atoms with Gasteiger partial charge < -0.3 is 10.6 Å². The molecule has 0 aromatic heterocycles. The lowest BCUT2D eigenvalue weighted by Crippen LogP contribution is -2.36. The molecule has 3 nitrogen and oxygen atoms in total. The van der Waals surface area contributed by atoms with Crippen LogP contribution >= 0.6 is 35.6 Å². The molecule has 1 unspecified atom stereocenters. The van der Waals surface area contributed by atoms with Gasteiger partial charge in [-0.1, -0.05) is 23.2 Å². The average molecular weight is 296 g/mol. The lowest BCUT2D eigenvalue weighted by atomic mass is 10.2. The van der Waals surface area contributed by atoms with Gasteiger partial charge in [-0.05, 0) is 31.2 Å². The molecule has 1 aromatic carbocycles. The predicted octanol–water partition coefficient (Wildman–Crippen LogP) is 2.51. The summed E-state index contributed by atoms with van der Waals surface area (Å²) in [4.78, 5) is 11.9. The average Bonchev–Trinajstić information content (AvgIpc) is 2.74. The standard InChI is InChI=1S/C11H12Cl2N2O.ClH/c12-7-1-2-10(13)9(5-7)11(16)15-8-3-4-14-6-8;/h1-2,5,8,14H,3-4,6H2,(H,15,16);1H. The Morgan fingerprint density at radius 1 is 1.41 bits per heavy atom. The largest absolute Gasteiger partial charge is 0.348 e. The van der Waals surface area contributed by atoms with E-state index in [2.05, 4.69) is 10.6 Å². The second-order valence-corrected chi connectivity index (χ2v) is 4.63. The Kier molecular flexibility index (Phi) is 5.53. The van der Waals surface area contributed by atoms with Crippen LogP contribution < -0.4 is 10.6 Å². The molecule has 1 aliphatic heterocycles. The number of carbonyl (C=O) groups is 1. The van der Waals surface area contributed by atoms with E-state index in [0.29, 0.717) is 15.6 Å². The van der Waals surface area contributed by atoms with E-state index in [1.165, 1.54) is 0 Å². The van der Waals surface area contributed by atoms with Crippen molar-refractivity contribution in [2.24, 2.45) is 0 Å². The second kappa shape index (κ2) is 6.45. The van der Waals surface area contributed by atoms with Crippen molar-refractivity contribution in [3.05, 3.63) is 33.8 Å². The van der Waals surface area contributed by atoms with Crippen molar-refractivity contribution in [1.82, 2.24) is 10.6 Å². The Balaban J connectivity index is 0.00000144. The minimum Gasteiger partial charge on any atom is -0.348 e. The molecule has 0 bridgehead atoms. The highest BCUT2D eigenvalue weighted by Gasteiger charge is 2.19. The monoisotopic (exact) mass is 294 g/mol. The Hall–Kier alpha value is -0.480. The first-order valence-corrected chi connectivity index (χ1v) is 5.89. The van der Waals surface area contributed by atoms with Crippen LogP contribution in [0.4, 0.5) is 0 Å². The van der Waals surface area contributed by atoms with E-state index in [-0.39, 0.29) is 24.4 Å². The molecule has 1 amide bonds. The number of amides is 1. The molecule has 2 rings (SSSR count). The van der Waals surface area contributed by atoms with Crippen LogP contribution in [0.25, 0.3) is 0 Å². The molecule has 1 aliphatic rings. The molecule has 0 spiro atoms. The summed E-state index contributed by atoms with van der Waals surface area (Å²) < 4.78 is 0. The number of carbonyl (C=O) groups excluding carboxylic acids is 1. The maximum absolute atomic E-state index is 11.9. The molecule has 17 heavy (non-hydrogen) atoms. The summed E-state index contributed by atoms with van der Waals surface area (Å²) in [5.74, 6) is -0.166. The highest BCUT2D eigenvalue weighted by atomic mass is 35.5. The Labute approximate surface area is 116 Å². The molecule has 0 aliphatic carbocycles. The van der Waals surface area contributed by atoms with Gasteiger partial charge in [0.15, 0.2) is 0 Å². The summed E-state index contributed by atoms with van der Waals surface area (Å²) in [6.07, 6.45) is 0.948. The highest BCUT2D eigenvalue weighted by Crippen LogP contribution is 2.20. The number of rotatable bonds is 2. The summed E-state index contributed by atoms with van der Waals surface area (Å²) >= 11 is 11.8. The summed E-state index contributed by atoms with van der Waals surface area (Å²) in [6.45, 7) is 1.75. The first-order valence-electron chi connectivity index (χ1n) is 5.13. The van der Waals surface area contributed by atoms with Crippen molar-refractivity contribution in [3.63, 3.8) is 0 Å². The van der Waals surface area contributed by atoms with Gasteiger partial charge in [-0.2, -0.15) is 0 Å². The van der Waals surface area contributed by atoms with E-state index in [4.69, 9.17) is 23.2 Å². The van der Waals surface area contributed by atoms with Crippen molar-refractivity contribution in [1.29, 1.82) is 0 Å². The second-order valence-electron chi connectivity index (χ2n) is 3.79. The molecule has 0 radical (unpaired) electrons. The number of halogens is 3. The SMILES string of the molecule is Cl.O=C(NC1CCNC1)c1cc(Cl)ccc1Cl. The van der Waals surface area contributed by atoms with Crippen LogP contribution in [-0.4, -0.2) is 25.0 Å². The van der Waals surface area contributed by atoms with Crippen molar-refractivity contribution < 1.29 is 4.79 Å². The summed E-state index contributed by atoms with van der Waals surface area (Å²) in [7, 11) is 0. The minimum atomic E-state index is -0.166.